The second-order valence-electron chi connectivity index (χ2n) is 14.3. The molecule has 3 heterocycles. The topological polar surface area (TPSA) is 24.9 Å². The van der Waals surface area contributed by atoms with E-state index >= 15 is 0 Å². The van der Waals surface area contributed by atoms with Gasteiger partial charge in [0.2, 0.25) is 0 Å². The Balaban J connectivity index is 1.06. The highest BCUT2D eigenvalue weighted by Gasteiger charge is 2.60. The highest BCUT2D eigenvalue weighted by molar-refractivity contribution is 5.10. The average molecular weight is 471 g/mol. The van der Waals surface area contributed by atoms with Crippen molar-refractivity contribution in [2.45, 2.75) is 115 Å². The van der Waals surface area contributed by atoms with E-state index in [0.29, 0.717) is 10.8 Å². The molecule has 0 radical (unpaired) electrons. The fraction of sp³-hybridized carbons (Fsp3) is 1.00. The summed E-state index contributed by atoms with van der Waals surface area (Å²) in [6.45, 7) is 12.2. The van der Waals surface area contributed by atoms with Crippen LogP contribution in [0.15, 0.2) is 0 Å². The van der Waals surface area contributed by atoms with E-state index in [-0.39, 0.29) is 5.79 Å². The van der Waals surface area contributed by atoms with Gasteiger partial charge in [0.1, 0.15) is 0 Å². The maximum atomic E-state index is 6.04. The van der Waals surface area contributed by atoms with Gasteiger partial charge in [-0.2, -0.15) is 0 Å². The number of piperidine rings is 1. The molecule has 3 aliphatic heterocycles. The van der Waals surface area contributed by atoms with Crippen LogP contribution in [-0.2, 0) is 9.47 Å². The zero-order valence-corrected chi connectivity index (χ0v) is 22.1. The van der Waals surface area contributed by atoms with E-state index in [1.165, 1.54) is 90.4 Å². The van der Waals surface area contributed by atoms with E-state index in [2.05, 4.69) is 23.6 Å². The Labute approximate surface area is 208 Å². The van der Waals surface area contributed by atoms with E-state index in [1.54, 1.807) is 6.42 Å². The lowest BCUT2D eigenvalue weighted by Gasteiger charge is -2.61. The smallest absolute Gasteiger partial charge is 0.170 e. The lowest BCUT2D eigenvalue weighted by molar-refractivity contribution is -0.192. The molecule has 0 aromatic heterocycles. The van der Waals surface area contributed by atoms with Gasteiger partial charge in [0.15, 0.2) is 5.79 Å². The molecule has 4 aliphatic carbocycles. The van der Waals surface area contributed by atoms with Crippen molar-refractivity contribution in [3.8, 4) is 0 Å². The van der Waals surface area contributed by atoms with E-state index in [0.717, 1.165) is 61.8 Å². The SMILES string of the molecule is C[C@]12CC[C@H]3[C@@H](CC[C@H]4CC[C@@H](N5CCC6(CC5)OCCO6)C[C@@]43C)[C@@H]1C[C@H](N1CCCC1)C2. The summed E-state index contributed by atoms with van der Waals surface area (Å²) in [7, 11) is 0. The molecule has 7 fully saturated rings. The molecule has 0 unspecified atom stereocenters. The Bertz CT molecular complexity index is 751. The lowest BCUT2D eigenvalue weighted by atomic mass is 9.45. The Morgan fingerprint density at radius 2 is 1.38 bits per heavy atom. The Morgan fingerprint density at radius 3 is 2.15 bits per heavy atom. The summed E-state index contributed by atoms with van der Waals surface area (Å²) in [5, 5.41) is 0. The van der Waals surface area contributed by atoms with Crippen LogP contribution in [-0.4, -0.2) is 67.1 Å². The summed E-state index contributed by atoms with van der Waals surface area (Å²) in [5.74, 6) is 3.76. The highest BCUT2D eigenvalue weighted by atomic mass is 16.7. The molecule has 0 N–H and O–H groups in total. The fourth-order valence-corrected chi connectivity index (χ4v) is 11.1. The third-order valence-electron chi connectivity index (χ3n) is 12.9. The minimum atomic E-state index is -0.226. The van der Waals surface area contributed by atoms with Crippen molar-refractivity contribution in [1.82, 2.24) is 9.80 Å². The van der Waals surface area contributed by atoms with Crippen molar-refractivity contribution in [2.24, 2.45) is 34.5 Å². The summed E-state index contributed by atoms with van der Waals surface area (Å²) in [4.78, 5) is 5.75. The Hall–Kier alpha value is -0.160. The van der Waals surface area contributed by atoms with Gasteiger partial charge in [0, 0.05) is 38.0 Å². The number of rotatable bonds is 2. The second kappa shape index (κ2) is 8.43. The van der Waals surface area contributed by atoms with Crippen LogP contribution in [0.25, 0.3) is 0 Å². The molecule has 0 bridgehead atoms. The third kappa shape index (κ3) is 3.59. The van der Waals surface area contributed by atoms with Gasteiger partial charge < -0.3 is 14.4 Å². The molecule has 34 heavy (non-hydrogen) atoms. The van der Waals surface area contributed by atoms with E-state index < -0.39 is 0 Å². The van der Waals surface area contributed by atoms with Gasteiger partial charge in [0.25, 0.3) is 0 Å². The fourth-order valence-electron chi connectivity index (χ4n) is 11.1. The Kier molecular flexibility index (Phi) is 5.70. The molecule has 8 atom stereocenters. The molecule has 4 heteroatoms. The summed E-state index contributed by atoms with van der Waals surface area (Å²) in [5.41, 5.74) is 1.21. The largest absolute Gasteiger partial charge is 0.347 e. The number of ether oxygens (including phenoxy) is 2. The van der Waals surface area contributed by atoms with Gasteiger partial charge in [-0.1, -0.05) is 13.8 Å². The predicted molar refractivity (Wildman–Crippen MR) is 136 cm³/mol. The minimum absolute atomic E-state index is 0.226. The molecule has 0 aromatic rings. The highest BCUT2D eigenvalue weighted by Crippen LogP contribution is 2.67. The van der Waals surface area contributed by atoms with Crippen molar-refractivity contribution in [1.29, 1.82) is 0 Å². The van der Waals surface area contributed by atoms with Crippen molar-refractivity contribution >= 4 is 0 Å². The van der Waals surface area contributed by atoms with Crippen molar-refractivity contribution in [3.63, 3.8) is 0 Å². The summed E-state index contributed by atoms with van der Waals surface area (Å²) in [6.07, 6.45) is 18.6. The van der Waals surface area contributed by atoms with Gasteiger partial charge in [0.05, 0.1) is 13.2 Å². The zero-order chi connectivity index (χ0) is 23.0. The number of hydrogen-bond donors (Lipinski definition) is 0. The van der Waals surface area contributed by atoms with Gasteiger partial charge in [-0.25, -0.2) is 0 Å². The number of fused-ring (bicyclic) bond motifs is 5. The lowest BCUT2D eigenvalue weighted by Crippen LogP contribution is -2.57. The molecule has 7 aliphatic rings. The van der Waals surface area contributed by atoms with Crippen molar-refractivity contribution in [2.75, 3.05) is 39.4 Å². The Morgan fingerprint density at radius 1 is 0.676 bits per heavy atom. The number of likely N-dealkylation sites (tertiary alicyclic amines) is 2. The standard InChI is InChI=1S/C30H50N2O2/c1-28-10-9-26-25(27(28)19-24(20-28)31-13-3-4-14-31)8-6-22-5-7-23(21-29(22,26)2)32-15-11-30(12-16-32)33-17-18-34-30/h22-27H,3-21H2,1-2H3/t22-,23-,24+,25-,26+,27+,28-,29+/m1/s1. The first-order valence-electron chi connectivity index (χ1n) is 15.2. The third-order valence-corrected chi connectivity index (χ3v) is 12.9. The van der Waals surface area contributed by atoms with Crippen LogP contribution in [0.3, 0.4) is 0 Å². The first-order chi connectivity index (χ1) is 16.5. The number of nitrogens with zero attached hydrogens (tertiary/aromatic N) is 2. The average Bonchev–Trinajstić information content (AvgIpc) is 3.59. The first-order valence-corrected chi connectivity index (χ1v) is 15.2. The van der Waals surface area contributed by atoms with Crippen LogP contribution < -0.4 is 0 Å². The van der Waals surface area contributed by atoms with Crippen LogP contribution in [0.2, 0.25) is 0 Å². The van der Waals surface area contributed by atoms with Crippen LogP contribution >= 0.6 is 0 Å². The maximum absolute atomic E-state index is 6.04. The molecular weight excluding hydrogens is 420 g/mol. The van der Waals surface area contributed by atoms with Crippen LogP contribution in [0.4, 0.5) is 0 Å². The quantitative estimate of drug-likeness (QED) is 0.517. The zero-order valence-electron chi connectivity index (χ0n) is 22.1. The second-order valence-corrected chi connectivity index (χ2v) is 14.3. The van der Waals surface area contributed by atoms with Crippen LogP contribution in [0.5, 0.6) is 0 Å². The summed E-state index contributed by atoms with van der Waals surface area (Å²) in [6, 6.07) is 1.70. The maximum Gasteiger partial charge on any atom is 0.170 e. The first kappa shape index (κ1) is 23.0. The van der Waals surface area contributed by atoms with Gasteiger partial charge >= 0.3 is 0 Å². The normalized spacial score (nSPS) is 51.4. The van der Waals surface area contributed by atoms with Crippen LogP contribution in [0.1, 0.15) is 97.3 Å². The van der Waals surface area contributed by atoms with Gasteiger partial charge in [-0.05, 0) is 118 Å². The van der Waals surface area contributed by atoms with Crippen molar-refractivity contribution in [3.05, 3.63) is 0 Å². The molecular formula is C30H50N2O2. The van der Waals surface area contributed by atoms with E-state index in [1.807, 2.05) is 0 Å². The van der Waals surface area contributed by atoms with Crippen LogP contribution in [0, 0.1) is 34.5 Å². The summed E-state index contributed by atoms with van der Waals surface area (Å²) < 4.78 is 12.1. The number of hydrogen-bond acceptors (Lipinski definition) is 4. The molecule has 7 rings (SSSR count). The predicted octanol–water partition coefficient (Wildman–Crippen LogP) is 5.70. The van der Waals surface area contributed by atoms with Gasteiger partial charge in [-0.15, -0.1) is 0 Å². The molecule has 0 amide bonds. The van der Waals surface area contributed by atoms with Crippen molar-refractivity contribution < 1.29 is 9.47 Å². The molecule has 3 saturated heterocycles. The molecule has 4 nitrogen and oxygen atoms in total. The minimum Gasteiger partial charge on any atom is -0.347 e. The molecule has 1 spiro atoms. The van der Waals surface area contributed by atoms with E-state index in [4.69, 9.17) is 9.47 Å². The molecule has 0 aromatic carbocycles. The summed E-state index contributed by atoms with van der Waals surface area (Å²) >= 11 is 0. The monoisotopic (exact) mass is 470 g/mol. The molecule has 4 saturated carbocycles. The molecule has 192 valence electrons. The van der Waals surface area contributed by atoms with Gasteiger partial charge in [-0.3, -0.25) is 4.90 Å². The van der Waals surface area contributed by atoms with E-state index in [9.17, 15) is 0 Å².